The molecule has 3 unspecified atom stereocenters. The van der Waals surface area contributed by atoms with Gasteiger partial charge in [0.1, 0.15) is 0 Å². The molecule has 0 spiro atoms. The largest absolute Gasteiger partial charge is 0.481 e. The minimum Gasteiger partial charge on any atom is -0.481 e. The van der Waals surface area contributed by atoms with Crippen LogP contribution in [0.4, 0.5) is 5.69 Å². The fraction of sp³-hybridized carbons (Fsp3) is 0.811. The molecule has 64 heavy (non-hydrogen) atoms. The molecule has 3 heterocycles. The predicted octanol–water partition coefficient (Wildman–Crippen LogP) is 9.98. The van der Waals surface area contributed by atoms with Gasteiger partial charge >= 0.3 is 29.0 Å². The second kappa shape index (κ2) is 38.2. The Kier molecular flexibility index (Phi) is 37.8. The number of carbonyl (C=O) groups is 1. The summed E-state index contributed by atoms with van der Waals surface area (Å²) in [6, 6.07) is 8.14. The first-order valence-corrected chi connectivity index (χ1v) is 30.7. The second-order valence-electron chi connectivity index (χ2n) is 13.8. The summed E-state index contributed by atoms with van der Waals surface area (Å²) in [7, 11) is -8.65. The first-order valence-electron chi connectivity index (χ1n) is 21.2. The number of nitrogens with zero attached hydrogens (tertiary/aromatic N) is 5. The van der Waals surface area contributed by atoms with E-state index in [0.29, 0.717) is 125 Å². The van der Waals surface area contributed by atoms with Crippen LogP contribution in [0.2, 0.25) is 0 Å². The van der Waals surface area contributed by atoms with Gasteiger partial charge in [0.05, 0.1) is 19.8 Å². The number of aryl methyl sites for hydroxylation is 1. The Hall–Kier alpha value is 1.43. The quantitative estimate of drug-likeness (QED) is 0.0595. The Labute approximate surface area is 426 Å². The highest BCUT2D eigenvalue weighted by Gasteiger charge is 2.40. The summed E-state index contributed by atoms with van der Waals surface area (Å²) in [5.74, 6) is 3.34. The zero-order valence-corrected chi connectivity index (χ0v) is 45.8. The van der Waals surface area contributed by atoms with E-state index >= 15 is 0 Å². The van der Waals surface area contributed by atoms with E-state index < -0.39 is 29.0 Å². The number of rotatable bonds is 26. The lowest BCUT2D eigenvalue weighted by molar-refractivity contribution is -0.137. The van der Waals surface area contributed by atoms with E-state index in [1.807, 2.05) is 28.9 Å². The van der Waals surface area contributed by atoms with E-state index in [1.165, 1.54) is 0 Å². The van der Waals surface area contributed by atoms with Crippen molar-refractivity contribution in [2.24, 2.45) is 0 Å². The number of aliphatic carboxylic acids is 1. The third-order valence-electron chi connectivity index (χ3n) is 9.33. The van der Waals surface area contributed by atoms with E-state index in [9.17, 15) is 18.5 Å². The molecule has 3 aliphatic heterocycles. The maximum absolute atomic E-state index is 12.9. The molecule has 0 radical (unpaired) electrons. The summed E-state index contributed by atoms with van der Waals surface area (Å²) in [6.07, 6.45) is 4.32. The van der Waals surface area contributed by atoms with Crippen LogP contribution in [-0.4, -0.2) is 181 Å². The summed E-state index contributed by atoms with van der Waals surface area (Å²) < 4.78 is 60.4. The van der Waals surface area contributed by atoms with Gasteiger partial charge < -0.3 is 23.6 Å². The van der Waals surface area contributed by atoms with E-state index in [0.717, 1.165) is 69.7 Å². The fourth-order valence-corrected chi connectivity index (χ4v) is 15.3. The van der Waals surface area contributed by atoms with Gasteiger partial charge in [-0.15, -0.1) is 104 Å². The van der Waals surface area contributed by atoms with Gasteiger partial charge in [0.2, 0.25) is 0 Å². The van der Waals surface area contributed by atoms with Crippen molar-refractivity contribution in [1.82, 2.24) is 28.9 Å². The molecule has 4 rings (SSSR count). The SMILES string of the molecule is O=C(O)CCCc1ccc(N(CCCl)CCCl)cc1.O=P1(N(CCCl)CCCl)NCCCO1.O=P1(N(CCCl)CCCl)OCCCN1CCCl.O=P1(NCCCl)OCCCN1CCCl. The van der Waals surface area contributed by atoms with Gasteiger partial charge in [-0.1, -0.05) is 12.1 Å². The number of hydrogen-bond donors (Lipinski definition) is 3. The minimum absolute atomic E-state index is 0.215. The van der Waals surface area contributed by atoms with Crippen molar-refractivity contribution in [3.8, 4) is 0 Å². The standard InChI is InChI=1S/C14H19Cl2NO2.C9H18Cl3N2O2P.2C7H15Cl2N2O2P/c15-8-10-17(11-9-16)13-6-4-12(5-7-13)2-1-3-14(18)19;10-2-6-13-5-1-9-16-17(13,15)14(7-3-11)8-4-12;8-2-4-10-14(12)11(6-3-9)5-1-7-13-14;8-2-5-11(6-3-9)14(12)10-4-1-7-13-14/h4-7H,1-3,8-11H2,(H,18,19);1-9H2;2*1-7H2,(H,10,12). The molecule has 0 bridgehead atoms. The Bertz CT molecular complexity index is 1470. The number of alkyl halides is 9. The molecule has 376 valence electrons. The number of benzene rings is 1. The maximum atomic E-state index is 12.9. The maximum Gasteiger partial charge on any atom is 0.346 e. The van der Waals surface area contributed by atoms with E-state index in [-0.39, 0.29) is 6.42 Å². The van der Waals surface area contributed by atoms with Crippen LogP contribution in [0.3, 0.4) is 0 Å². The topological polar surface area (TPSA) is 156 Å². The summed E-state index contributed by atoms with van der Waals surface area (Å²) in [5, 5.41) is 14.4. The zero-order chi connectivity index (χ0) is 47.7. The smallest absolute Gasteiger partial charge is 0.346 e. The van der Waals surface area contributed by atoms with Crippen molar-refractivity contribution in [3.63, 3.8) is 0 Å². The number of carboxylic acids is 1. The molecule has 3 N–H and O–H groups in total. The van der Waals surface area contributed by atoms with Crippen molar-refractivity contribution in [1.29, 1.82) is 0 Å². The van der Waals surface area contributed by atoms with Crippen molar-refractivity contribution in [3.05, 3.63) is 29.8 Å². The molecular weight excluding hydrogens is 1080 g/mol. The molecule has 0 aromatic heterocycles. The summed E-state index contributed by atoms with van der Waals surface area (Å²) in [4.78, 5) is 12.6. The van der Waals surface area contributed by atoms with E-state index in [1.54, 1.807) is 14.0 Å². The number of anilines is 1. The Morgan fingerprint density at radius 3 is 1.67 bits per heavy atom. The Morgan fingerprint density at radius 1 is 0.656 bits per heavy atom. The molecule has 0 aliphatic carbocycles. The summed E-state index contributed by atoms with van der Waals surface area (Å²) in [6.45, 7) is 9.02. The van der Waals surface area contributed by atoms with Crippen molar-refractivity contribution >= 4 is 139 Å². The van der Waals surface area contributed by atoms with Crippen LogP contribution in [0, 0.1) is 0 Å². The normalized spacial score (nSPS) is 22.7. The Morgan fingerprint density at radius 2 is 1.17 bits per heavy atom. The monoisotopic (exact) mass is 1150 g/mol. The average molecular weight is 1150 g/mol. The molecule has 3 saturated heterocycles. The number of hydrogen-bond acceptors (Lipinski definition) is 8. The highest BCUT2D eigenvalue weighted by atomic mass is 35.5. The van der Waals surface area contributed by atoms with Crippen LogP contribution in [0.25, 0.3) is 0 Å². The molecule has 0 amide bonds. The average Bonchev–Trinajstić information content (AvgIpc) is 3.28. The first-order chi connectivity index (χ1) is 30.8. The number of carboxylic acid groups (broad SMARTS) is 1. The van der Waals surface area contributed by atoms with Crippen LogP contribution in [-0.2, 0) is 38.5 Å². The third kappa shape index (κ3) is 24.5. The molecule has 1 aromatic rings. The van der Waals surface area contributed by atoms with Gasteiger partial charge in [0, 0.05) is 144 Å². The lowest BCUT2D eigenvalue weighted by Gasteiger charge is -2.40. The van der Waals surface area contributed by atoms with Gasteiger partial charge in [0.15, 0.2) is 0 Å². The molecule has 3 atom stereocenters. The third-order valence-corrected chi connectivity index (χ3v) is 18.2. The molecule has 0 saturated carbocycles. The number of halogens is 9. The minimum atomic E-state index is -2.97. The molecule has 15 nitrogen and oxygen atoms in total. The van der Waals surface area contributed by atoms with Gasteiger partial charge in [0.25, 0.3) is 0 Å². The molecule has 3 aliphatic rings. The van der Waals surface area contributed by atoms with Gasteiger partial charge in [-0.3, -0.25) is 18.5 Å². The fourth-order valence-electron chi connectivity index (χ4n) is 6.28. The van der Waals surface area contributed by atoms with Gasteiger partial charge in [-0.25, -0.2) is 28.9 Å². The first kappa shape index (κ1) is 63.4. The van der Waals surface area contributed by atoms with Crippen molar-refractivity contribution < 1.29 is 37.2 Å². The van der Waals surface area contributed by atoms with Crippen molar-refractivity contribution in [2.75, 3.05) is 156 Å². The van der Waals surface area contributed by atoms with E-state index in [2.05, 4.69) is 15.1 Å². The van der Waals surface area contributed by atoms with Gasteiger partial charge in [-0.2, -0.15) is 0 Å². The molecule has 3 fully saturated rings. The lowest BCUT2D eigenvalue weighted by atomic mass is 10.1. The van der Waals surface area contributed by atoms with Crippen LogP contribution in [0.15, 0.2) is 24.3 Å². The summed E-state index contributed by atoms with van der Waals surface area (Å²) in [5.41, 5.74) is 2.25. The highest BCUT2D eigenvalue weighted by molar-refractivity contribution is 7.54. The highest BCUT2D eigenvalue weighted by Crippen LogP contribution is 2.56. The van der Waals surface area contributed by atoms with Crippen LogP contribution < -0.4 is 15.1 Å². The van der Waals surface area contributed by atoms with Crippen LogP contribution in [0.1, 0.15) is 37.7 Å². The van der Waals surface area contributed by atoms with Gasteiger partial charge in [-0.05, 0) is 49.8 Å². The van der Waals surface area contributed by atoms with E-state index in [4.69, 9.17) is 123 Å². The number of nitrogens with one attached hydrogen (secondary N) is 2. The Balaban J connectivity index is 0.000000430. The molecule has 1 aromatic carbocycles. The lowest BCUT2D eigenvalue weighted by Crippen LogP contribution is -2.39. The second-order valence-corrected chi connectivity index (χ2v) is 24.0. The predicted molar refractivity (Wildman–Crippen MR) is 273 cm³/mol. The van der Waals surface area contributed by atoms with Crippen LogP contribution in [0.5, 0.6) is 0 Å². The zero-order valence-electron chi connectivity index (χ0n) is 36.3. The van der Waals surface area contributed by atoms with Crippen molar-refractivity contribution in [2.45, 2.75) is 38.5 Å². The molecular formula is C37H67Cl9N7O8P3. The van der Waals surface area contributed by atoms with Crippen LogP contribution >= 0.6 is 127 Å². The summed E-state index contributed by atoms with van der Waals surface area (Å²) >= 11 is 51.1. The molecule has 27 heteroatoms.